The van der Waals surface area contributed by atoms with Crippen molar-refractivity contribution in [1.29, 1.82) is 0 Å². The highest BCUT2D eigenvalue weighted by molar-refractivity contribution is 14.0. The topological polar surface area (TPSA) is 53.6 Å². The molecule has 0 heterocycles. The average molecular weight is 438 g/mol. The van der Waals surface area contributed by atoms with Gasteiger partial charge in [-0.2, -0.15) is 0 Å². The van der Waals surface area contributed by atoms with E-state index in [4.69, 9.17) is 5.73 Å². The van der Waals surface area contributed by atoms with Crippen molar-refractivity contribution in [3.05, 3.63) is 65.7 Å². The van der Waals surface area contributed by atoms with Crippen molar-refractivity contribution in [3.63, 3.8) is 0 Å². The Morgan fingerprint density at radius 3 is 2.17 bits per heavy atom. The first-order valence-electron chi connectivity index (χ1n) is 8.14. The monoisotopic (exact) mass is 438 g/mol. The van der Waals surface area contributed by atoms with Gasteiger partial charge in [-0.1, -0.05) is 56.3 Å². The molecule has 0 atom stereocenters. The molecule has 2 aromatic rings. The van der Waals surface area contributed by atoms with E-state index in [2.05, 4.69) is 53.3 Å². The second-order valence-electron chi connectivity index (χ2n) is 5.42. The number of hydrogen-bond acceptors (Lipinski definition) is 2. The molecule has 0 spiro atoms. The van der Waals surface area contributed by atoms with E-state index in [0.717, 1.165) is 25.3 Å². The van der Waals surface area contributed by atoms with Gasteiger partial charge in [-0.05, 0) is 36.3 Å². The van der Waals surface area contributed by atoms with Crippen LogP contribution in [0, 0.1) is 0 Å². The lowest BCUT2D eigenvalue weighted by atomic mass is 10.1. The molecule has 0 aliphatic carbocycles. The highest BCUT2D eigenvalue weighted by atomic mass is 127. The molecule has 0 saturated carbocycles. The summed E-state index contributed by atoms with van der Waals surface area (Å²) in [5.74, 6) is 0.439. The van der Waals surface area contributed by atoms with Gasteiger partial charge >= 0.3 is 0 Å². The Balaban J connectivity index is 0.00000288. The molecule has 24 heavy (non-hydrogen) atoms. The van der Waals surface area contributed by atoms with Gasteiger partial charge in [-0.15, -0.1) is 24.0 Å². The van der Waals surface area contributed by atoms with Crippen LogP contribution in [0.5, 0.6) is 0 Å². The Morgan fingerprint density at radius 1 is 0.958 bits per heavy atom. The zero-order valence-corrected chi connectivity index (χ0v) is 16.7. The summed E-state index contributed by atoms with van der Waals surface area (Å²) in [5.41, 5.74) is 9.47. The molecule has 0 bridgehead atoms. The molecule has 0 fully saturated rings. The highest BCUT2D eigenvalue weighted by Crippen LogP contribution is 2.13. The number of para-hydroxylation sites is 1. The number of rotatable bonds is 7. The Bertz CT molecular complexity index is 624. The van der Waals surface area contributed by atoms with Crippen LogP contribution in [-0.4, -0.2) is 23.9 Å². The van der Waals surface area contributed by atoms with Crippen LogP contribution in [0.3, 0.4) is 0 Å². The molecule has 2 rings (SSSR count). The Kier molecular flexibility index (Phi) is 9.41. The first kappa shape index (κ1) is 20.4. The molecule has 4 nitrogen and oxygen atoms in total. The second-order valence-corrected chi connectivity index (χ2v) is 5.42. The largest absolute Gasteiger partial charge is 0.370 e. The number of nitrogens with zero attached hydrogens (tertiary/aromatic N) is 2. The number of halogens is 1. The minimum Gasteiger partial charge on any atom is -0.370 e. The predicted octanol–water partition coefficient (Wildman–Crippen LogP) is 4.07. The van der Waals surface area contributed by atoms with Crippen LogP contribution in [0.4, 0.5) is 5.69 Å². The highest BCUT2D eigenvalue weighted by Gasteiger charge is 2.06. The van der Waals surface area contributed by atoms with Gasteiger partial charge < -0.3 is 11.1 Å². The molecule has 0 aromatic heterocycles. The Labute approximate surface area is 162 Å². The summed E-state index contributed by atoms with van der Waals surface area (Å²) in [6, 6.07) is 18.3. The fourth-order valence-corrected chi connectivity index (χ4v) is 2.43. The number of anilines is 1. The fraction of sp³-hybridized carbons (Fsp3) is 0.316. The fourth-order valence-electron chi connectivity index (χ4n) is 2.43. The van der Waals surface area contributed by atoms with Gasteiger partial charge in [0.2, 0.25) is 0 Å². The zero-order valence-electron chi connectivity index (χ0n) is 14.4. The van der Waals surface area contributed by atoms with Crippen LogP contribution in [-0.2, 0) is 13.1 Å². The lowest BCUT2D eigenvalue weighted by Gasteiger charge is -2.19. The molecular formula is C19H27IN4. The molecule has 0 unspecified atom stereocenters. The minimum absolute atomic E-state index is 0. The van der Waals surface area contributed by atoms with Crippen molar-refractivity contribution in [3.8, 4) is 0 Å². The van der Waals surface area contributed by atoms with E-state index in [-0.39, 0.29) is 24.0 Å². The molecule has 0 amide bonds. The van der Waals surface area contributed by atoms with E-state index >= 15 is 0 Å². The molecule has 3 N–H and O–H groups in total. The van der Waals surface area contributed by atoms with Crippen LogP contribution in [0.2, 0.25) is 0 Å². The summed E-state index contributed by atoms with van der Waals surface area (Å²) < 4.78 is 0. The van der Waals surface area contributed by atoms with Gasteiger partial charge in [-0.25, -0.2) is 4.99 Å². The average Bonchev–Trinajstić information content (AvgIpc) is 2.59. The maximum absolute atomic E-state index is 5.99. The number of hydrogen-bond donors (Lipinski definition) is 2. The van der Waals surface area contributed by atoms with Gasteiger partial charge in [0.15, 0.2) is 5.96 Å². The predicted molar refractivity (Wildman–Crippen MR) is 114 cm³/mol. The molecule has 130 valence electrons. The summed E-state index contributed by atoms with van der Waals surface area (Å²) in [6.45, 7) is 8.00. The smallest absolute Gasteiger partial charge is 0.193 e. The van der Waals surface area contributed by atoms with Crippen LogP contribution in [0.15, 0.2) is 59.6 Å². The Hall–Kier alpha value is -1.60. The minimum atomic E-state index is 0. The number of guanidine groups is 1. The molecular weight excluding hydrogens is 411 g/mol. The maximum atomic E-state index is 5.99. The quantitative estimate of drug-likeness (QED) is 0.389. The van der Waals surface area contributed by atoms with Gasteiger partial charge in [-0.3, -0.25) is 4.90 Å². The third-order valence-electron chi connectivity index (χ3n) is 3.87. The lowest BCUT2D eigenvalue weighted by Crippen LogP contribution is -2.24. The molecule has 0 saturated heterocycles. The molecule has 0 aliphatic heterocycles. The van der Waals surface area contributed by atoms with E-state index in [9.17, 15) is 0 Å². The summed E-state index contributed by atoms with van der Waals surface area (Å²) in [5, 5.41) is 3.11. The Morgan fingerprint density at radius 2 is 1.54 bits per heavy atom. The summed E-state index contributed by atoms with van der Waals surface area (Å²) in [6.07, 6.45) is 0. The first-order chi connectivity index (χ1) is 11.2. The van der Waals surface area contributed by atoms with Crippen LogP contribution in [0.1, 0.15) is 25.0 Å². The van der Waals surface area contributed by atoms with Crippen molar-refractivity contribution in [2.45, 2.75) is 26.9 Å². The van der Waals surface area contributed by atoms with Crippen molar-refractivity contribution in [2.75, 3.05) is 18.4 Å². The van der Waals surface area contributed by atoms with Crippen molar-refractivity contribution in [1.82, 2.24) is 4.90 Å². The van der Waals surface area contributed by atoms with Crippen molar-refractivity contribution < 1.29 is 0 Å². The van der Waals surface area contributed by atoms with Gasteiger partial charge in [0, 0.05) is 12.2 Å². The van der Waals surface area contributed by atoms with E-state index in [1.807, 2.05) is 30.3 Å². The van der Waals surface area contributed by atoms with E-state index in [1.54, 1.807) is 0 Å². The zero-order chi connectivity index (χ0) is 16.5. The SMILES string of the molecule is CCN(CC)Cc1ccccc1CN=C(N)Nc1ccccc1.I. The van der Waals surface area contributed by atoms with Gasteiger partial charge in [0.1, 0.15) is 0 Å². The number of nitrogens with two attached hydrogens (primary N) is 1. The molecule has 5 heteroatoms. The number of aliphatic imine (C=N–C) groups is 1. The normalized spacial score (nSPS) is 11.2. The standard InChI is InChI=1S/C19H26N4.HI/c1-3-23(4-2)15-17-11-9-8-10-16(17)14-21-19(20)22-18-12-6-5-7-13-18;/h5-13H,3-4,14-15H2,1-2H3,(H3,20,21,22);1H. The summed E-state index contributed by atoms with van der Waals surface area (Å²) in [4.78, 5) is 6.87. The van der Waals surface area contributed by atoms with E-state index in [0.29, 0.717) is 12.5 Å². The van der Waals surface area contributed by atoms with Crippen LogP contribution in [0.25, 0.3) is 0 Å². The molecule has 2 aromatic carbocycles. The lowest BCUT2D eigenvalue weighted by molar-refractivity contribution is 0.295. The first-order valence-corrected chi connectivity index (χ1v) is 8.14. The van der Waals surface area contributed by atoms with Gasteiger partial charge in [0.25, 0.3) is 0 Å². The molecule has 0 radical (unpaired) electrons. The second kappa shape index (κ2) is 11.0. The van der Waals surface area contributed by atoms with Gasteiger partial charge in [0.05, 0.1) is 6.54 Å². The number of benzene rings is 2. The van der Waals surface area contributed by atoms with E-state index in [1.165, 1.54) is 11.1 Å². The third-order valence-corrected chi connectivity index (χ3v) is 3.87. The third kappa shape index (κ3) is 6.49. The summed E-state index contributed by atoms with van der Waals surface area (Å²) >= 11 is 0. The molecule has 0 aliphatic rings. The van der Waals surface area contributed by atoms with Crippen molar-refractivity contribution >= 4 is 35.6 Å². The van der Waals surface area contributed by atoms with Crippen molar-refractivity contribution in [2.24, 2.45) is 10.7 Å². The number of nitrogens with one attached hydrogen (secondary N) is 1. The van der Waals surface area contributed by atoms with Crippen LogP contribution >= 0.6 is 24.0 Å². The maximum Gasteiger partial charge on any atom is 0.193 e. The van der Waals surface area contributed by atoms with Crippen LogP contribution < -0.4 is 11.1 Å². The summed E-state index contributed by atoms with van der Waals surface area (Å²) in [7, 11) is 0. The van der Waals surface area contributed by atoms with E-state index < -0.39 is 0 Å².